The minimum atomic E-state index is 0.781. The molecule has 0 aliphatic rings. The van der Waals surface area contributed by atoms with Gasteiger partial charge in [0, 0.05) is 0 Å². The monoisotopic (exact) mass is 256 g/mol. The first-order valence-corrected chi connectivity index (χ1v) is 6.39. The standard InChI is InChI=1S/C14H12N2OS/c1-9-11(10-6-4-3-5-7-10)8-12(17-2)14-13(9)15-18-16-14/h3-8H,1-2H3. The smallest absolute Gasteiger partial charge is 0.148 e. The molecule has 1 aromatic heterocycles. The van der Waals surface area contributed by atoms with Crippen molar-refractivity contribution in [3.63, 3.8) is 0 Å². The second kappa shape index (κ2) is 4.38. The maximum absolute atomic E-state index is 5.41. The second-order valence-electron chi connectivity index (χ2n) is 4.08. The number of nitrogens with zero attached hydrogens (tertiary/aromatic N) is 2. The Bertz CT molecular complexity index is 692. The van der Waals surface area contributed by atoms with E-state index in [1.54, 1.807) is 7.11 Å². The third-order valence-corrected chi connectivity index (χ3v) is 3.59. The van der Waals surface area contributed by atoms with Gasteiger partial charge >= 0.3 is 0 Å². The Morgan fingerprint density at radius 1 is 1.06 bits per heavy atom. The minimum absolute atomic E-state index is 0.781. The van der Waals surface area contributed by atoms with Crippen molar-refractivity contribution in [2.45, 2.75) is 6.92 Å². The maximum atomic E-state index is 5.41. The molecule has 0 saturated carbocycles. The van der Waals surface area contributed by atoms with Gasteiger partial charge in [0.25, 0.3) is 0 Å². The largest absolute Gasteiger partial charge is 0.494 e. The van der Waals surface area contributed by atoms with Crippen molar-refractivity contribution >= 4 is 22.8 Å². The van der Waals surface area contributed by atoms with Crippen molar-refractivity contribution in [2.24, 2.45) is 0 Å². The highest BCUT2D eigenvalue weighted by atomic mass is 32.1. The van der Waals surface area contributed by atoms with Gasteiger partial charge in [-0.05, 0) is 29.7 Å². The normalized spacial score (nSPS) is 10.8. The van der Waals surface area contributed by atoms with E-state index in [1.165, 1.54) is 17.3 Å². The molecule has 1 heterocycles. The zero-order valence-electron chi connectivity index (χ0n) is 10.2. The van der Waals surface area contributed by atoms with Crippen LogP contribution in [0.3, 0.4) is 0 Å². The number of benzene rings is 2. The molecule has 90 valence electrons. The Labute approximate surface area is 109 Å². The summed E-state index contributed by atoms with van der Waals surface area (Å²) in [7, 11) is 1.66. The molecule has 18 heavy (non-hydrogen) atoms. The maximum Gasteiger partial charge on any atom is 0.148 e. The van der Waals surface area contributed by atoms with Crippen LogP contribution < -0.4 is 4.74 Å². The lowest BCUT2D eigenvalue weighted by Gasteiger charge is -2.09. The molecule has 0 unspecified atom stereocenters. The van der Waals surface area contributed by atoms with E-state index in [2.05, 4.69) is 27.8 Å². The predicted molar refractivity (Wildman–Crippen MR) is 74.1 cm³/mol. The highest BCUT2D eigenvalue weighted by Gasteiger charge is 2.14. The third kappa shape index (κ3) is 1.66. The van der Waals surface area contributed by atoms with Crippen molar-refractivity contribution in [3.8, 4) is 16.9 Å². The molecule has 0 N–H and O–H groups in total. The summed E-state index contributed by atoms with van der Waals surface area (Å²) in [6.45, 7) is 2.07. The molecule has 0 aliphatic carbocycles. The minimum Gasteiger partial charge on any atom is -0.494 e. The molecule has 3 nitrogen and oxygen atoms in total. The van der Waals surface area contributed by atoms with Crippen molar-refractivity contribution in [1.29, 1.82) is 0 Å². The summed E-state index contributed by atoms with van der Waals surface area (Å²) < 4.78 is 14.1. The lowest BCUT2D eigenvalue weighted by atomic mass is 9.99. The van der Waals surface area contributed by atoms with Gasteiger partial charge in [0.2, 0.25) is 0 Å². The van der Waals surface area contributed by atoms with Gasteiger partial charge in [-0.2, -0.15) is 8.75 Å². The lowest BCUT2D eigenvalue weighted by Crippen LogP contribution is -1.90. The van der Waals surface area contributed by atoms with E-state index in [0.717, 1.165) is 27.9 Å². The van der Waals surface area contributed by atoms with Crippen LogP contribution in [0.1, 0.15) is 5.56 Å². The molecular formula is C14H12N2OS. The molecule has 0 bridgehead atoms. The van der Waals surface area contributed by atoms with E-state index in [-0.39, 0.29) is 0 Å². The fourth-order valence-corrected chi connectivity index (χ4v) is 2.71. The molecule has 3 aromatic rings. The quantitative estimate of drug-likeness (QED) is 0.701. The zero-order chi connectivity index (χ0) is 12.5. The number of methoxy groups -OCH3 is 1. The van der Waals surface area contributed by atoms with E-state index >= 15 is 0 Å². The number of ether oxygens (including phenoxy) is 1. The van der Waals surface area contributed by atoms with Crippen molar-refractivity contribution < 1.29 is 4.74 Å². The summed E-state index contributed by atoms with van der Waals surface area (Å²) in [5, 5.41) is 0. The first-order chi connectivity index (χ1) is 8.81. The first kappa shape index (κ1) is 11.2. The Morgan fingerprint density at radius 2 is 1.78 bits per heavy atom. The van der Waals surface area contributed by atoms with Crippen LogP contribution in [-0.4, -0.2) is 15.9 Å². The predicted octanol–water partition coefficient (Wildman–Crippen LogP) is 3.68. The fraction of sp³-hybridized carbons (Fsp3) is 0.143. The van der Waals surface area contributed by atoms with Gasteiger partial charge in [-0.25, -0.2) is 0 Å². The van der Waals surface area contributed by atoms with E-state index in [4.69, 9.17) is 4.74 Å². The highest BCUT2D eigenvalue weighted by Crippen LogP contribution is 2.35. The number of aryl methyl sites for hydroxylation is 1. The van der Waals surface area contributed by atoms with Crippen LogP contribution in [0.4, 0.5) is 0 Å². The van der Waals surface area contributed by atoms with Gasteiger partial charge < -0.3 is 4.74 Å². The molecular weight excluding hydrogens is 244 g/mol. The van der Waals surface area contributed by atoms with Crippen LogP contribution in [0.15, 0.2) is 36.4 Å². The van der Waals surface area contributed by atoms with Crippen LogP contribution >= 0.6 is 11.7 Å². The Balaban J connectivity index is 2.33. The Hall–Kier alpha value is -1.94. The van der Waals surface area contributed by atoms with E-state index in [1.807, 2.05) is 24.3 Å². The molecule has 0 aliphatic heterocycles. The molecule has 0 amide bonds. The molecule has 0 saturated heterocycles. The van der Waals surface area contributed by atoms with Gasteiger partial charge in [-0.3, -0.25) is 0 Å². The molecule has 0 fully saturated rings. The van der Waals surface area contributed by atoms with Crippen molar-refractivity contribution in [3.05, 3.63) is 42.0 Å². The average Bonchev–Trinajstić information content (AvgIpc) is 2.90. The van der Waals surface area contributed by atoms with Crippen LogP contribution in [0.25, 0.3) is 22.2 Å². The van der Waals surface area contributed by atoms with Gasteiger partial charge in [0.1, 0.15) is 16.8 Å². The van der Waals surface area contributed by atoms with E-state index in [0.29, 0.717) is 0 Å². The summed E-state index contributed by atoms with van der Waals surface area (Å²) in [6.07, 6.45) is 0. The molecule has 2 aromatic carbocycles. The van der Waals surface area contributed by atoms with E-state index in [9.17, 15) is 0 Å². The average molecular weight is 256 g/mol. The SMILES string of the molecule is COc1cc(-c2ccccc2)c(C)c2nsnc12. The topological polar surface area (TPSA) is 35.0 Å². The second-order valence-corrected chi connectivity index (χ2v) is 4.61. The lowest BCUT2D eigenvalue weighted by molar-refractivity contribution is 0.419. The van der Waals surface area contributed by atoms with Crippen LogP contribution in [0.5, 0.6) is 5.75 Å². The summed E-state index contributed by atoms with van der Waals surface area (Å²) >= 11 is 1.22. The Kier molecular flexibility index (Phi) is 2.72. The molecule has 0 atom stereocenters. The van der Waals surface area contributed by atoms with Gasteiger partial charge in [0.15, 0.2) is 0 Å². The number of hydrogen-bond donors (Lipinski definition) is 0. The molecule has 0 radical (unpaired) electrons. The van der Waals surface area contributed by atoms with Crippen LogP contribution in [0, 0.1) is 6.92 Å². The van der Waals surface area contributed by atoms with Gasteiger partial charge in [-0.15, -0.1) is 0 Å². The number of hydrogen-bond acceptors (Lipinski definition) is 4. The highest BCUT2D eigenvalue weighted by molar-refractivity contribution is 7.00. The van der Waals surface area contributed by atoms with E-state index < -0.39 is 0 Å². The summed E-state index contributed by atoms with van der Waals surface area (Å²) in [5.74, 6) is 0.781. The fourth-order valence-electron chi connectivity index (χ4n) is 2.10. The van der Waals surface area contributed by atoms with Crippen LogP contribution in [-0.2, 0) is 0 Å². The molecule has 0 spiro atoms. The molecule has 3 rings (SSSR count). The molecule has 4 heteroatoms. The third-order valence-electron chi connectivity index (χ3n) is 3.06. The number of aromatic nitrogens is 2. The van der Waals surface area contributed by atoms with Gasteiger partial charge in [-0.1, -0.05) is 30.3 Å². The van der Waals surface area contributed by atoms with Gasteiger partial charge in [0.05, 0.1) is 18.8 Å². The zero-order valence-corrected chi connectivity index (χ0v) is 11.0. The van der Waals surface area contributed by atoms with Crippen molar-refractivity contribution in [1.82, 2.24) is 8.75 Å². The van der Waals surface area contributed by atoms with Crippen LogP contribution in [0.2, 0.25) is 0 Å². The first-order valence-electron chi connectivity index (χ1n) is 5.66. The Morgan fingerprint density at radius 3 is 2.50 bits per heavy atom. The van der Waals surface area contributed by atoms with Crippen molar-refractivity contribution in [2.75, 3.05) is 7.11 Å². The number of fused-ring (bicyclic) bond motifs is 1. The summed E-state index contributed by atoms with van der Waals surface area (Å²) in [6, 6.07) is 12.3. The summed E-state index contributed by atoms with van der Waals surface area (Å²) in [5.41, 5.74) is 5.24. The number of rotatable bonds is 2. The summed E-state index contributed by atoms with van der Waals surface area (Å²) in [4.78, 5) is 0.